The van der Waals surface area contributed by atoms with Crippen molar-refractivity contribution < 1.29 is 14.3 Å². The van der Waals surface area contributed by atoms with Crippen molar-refractivity contribution >= 4 is 34.0 Å². The summed E-state index contributed by atoms with van der Waals surface area (Å²) in [6.45, 7) is 3.75. The summed E-state index contributed by atoms with van der Waals surface area (Å²) in [5.41, 5.74) is 3.66. The zero-order valence-corrected chi connectivity index (χ0v) is 16.6. The van der Waals surface area contributed by atoms with Crippen LogP contribution in [0.2, 0.25) is 0 Å². The summed E-state index contributed by atoms with van der Waals surface area (Å²) in [4.78, 5) is 29.2. The molecule has 0 aromatic heterocycles. The molecule has 5 rings (SSSR count). The van der Waals surface area contributed by atoms with E-state index < -0.39 is 0 Å². The molecule has 2 aliphatic heterocycles. The van der Waals surface area contributed by atoms with Gasteiger partial charge in [-0.25, -0.2) is 0 Å². The van der Waals surface area contributed by atoms with Gasteiger partial charge in [-0.05, 0) is 35.2 Å². The van der Waals surface area contributed by atoms with Gasteiger partial charge in [0, 0.05) is 36.3 Å². The lowest BCUT2D eigenvalue weighted by atomic mass is 10.1. The first-order chi connectivity index (χ1) is 14.7. The number of benzene rings is 3. The van der Waals surface area contributed by atoms with Crippen molar-refractivity contribution in [3.05, 3.63) is 71.8 Å². The van der Waals surface area contributed by atoms with Crippen LogP contribution in [0.15, 0.2) is 60.7 Å². The van der Waals surface area contributed by atoms with E-state index in [0.717, 1.165) is 48.3 Å². The standard InChI is InChI=1S/C24H23N3O3/c28-22(25-15-17-7-9-19(10-8-17)26-11-13-30-14-12-26)16-27-21-6-2-4-18-3-1-5-20(23(18)21)24(27)29/h1-10H,11-16H2,(H,25,28). The molecule has 2 heterocycles. The topological polar surface area (TPSA) is 61.9 Å². The van der Waals surface area contributed by atoms with Crippen LogP contribution in [0.5, 0.6) is 0 Å². The van der Waals surface area contributed by atoms with E-state index in [0.29, 0.717) is 12.1 Å². The molecule has 152 valence electrons. The van der Waals surface area contributed by atoms with Gasteiger partial charge in [0.1, 0.15) is 6.54 Å². The van der Waals surface area contributed by atoms with Gasteiger partial charge >= 0.3 is 0 Å². The molecule has 0 aliphatic carbocycles. The van der Waals surface area contributed by atoms with E-state index in [1.54, 1.807) is 4.90 Å². The summed E-state index contributed by atoms with van der Waals surface area (Å²) in [5.74, 6) is -0.294. The molecule has 2 amide bonds. The maximum atomic E-state index is 12.8. The Morgan fingerprint density at radius 3 is 2.47 bits per heavy atom. The molecule has 0 radical (unpaired) electrons. The summed E-state index contributed by atoms with van der Waals surface area (Å²) in [7, 11) is 0. The first-order valence-corrected chi connectivity index (χ1v) is 10.2. The van der Waals surface area contributed by atoms with Crippen LogP contribution in [0.25, 0.3) is 10.8 Å². The molecular formula is C24H23N3O3. The lowest BCUT2D eigenvalue weighted by Gasteiger charge is -2.28. The van der Waals surface area contributed by atoms with Crippen LogP contribution < -0.4 is 15.1 Å². The molecule has 0 unspecified atom stereocenters. The van der Waals surface area contributed by atoms with Gasteiger partial charge in [-0.15, -0.1) is 0 Å². The second kappa shape index (κ2) is 7.80. The number of hydrogen-bond acceptors (Lipinski definition) is 4. The molecule has 0 spiro atoms. The monoisotopic (exact) mass is 401 g/mol. The first kappa shape index (κ1) is 18.6. The smallest absolute Gasteiger partial charge is 0.259 e. The van der Waals surface area contributed by atoms with Gasteiger partial charge < -0.3 is 15.0 Å². The molecule has 2 aliphatic rings. The molecule has 6 heteroatoms. The van der Waals surface area contributed by atoms with Crippen molar-refractivity contribution in [2.75, 3.05) is 42.6 Å². The Morgan fingerprint density at radius 2 is 1.70 bits per heavy atom. The quantitative estimate of drug-likeness (QED) is 0.714. The molecule has 1 fully saturated rings. The van der Waals surface area contributed by atoms with E-state index in [1.165, 1.54) is 5.69 Å². The Morgan fingerprint density at radius 1 is 0.967 bits per heavy atom. The van der Waals surface area contributed by atoms with Crippen LogP contribution >= 0.6 is 0 Å². The lowest BCUT2D eigenvalue weighted by Crippen LogP contribution is -2.38. The lowest BCUT2D eigenvalue weighted by molar-refractivity contribution is -0.119. The van der Waals surface area contributed by atoms with Gasteiger partial charge in [0.25, 0.3) is 5.91 Å². The maximum absolute atomic E-state index is 12.8. The molecule has 1 saturated heterocycles. The van der Waals surface area contributed by atoms with Crippen LogP contribution in [-0.4, -0.2) is 44.7 Å². The maximum Gasteiger partial charge on any atom is 0.259 e. The summed E-state index contributed by atoms with van der Waals surface area (Å²) in [5, 5.41) is 4.88. The number of ether oxygens (including phenoxy) is 1. The molecule has 0 bridgehead atoms. The molecule has 6 nitrogen and oxygen atoms in total. The Kier molecular flexibility index (Phi) is 4.85. The van der Waals surface area contributed by atoms with Crippen LogP contribution in [0.4, 0.5) is 11.4 Å². The van der Waals surface area contributed by atoms with Gasteiger partial charge in [-0.2, -0.15) is 0 Å². The first-order valence-electron chi connectivity index (χ1n) is 10.2. The minimum atomic E-state index is -0.176. The number of rotatable bonds is 5. The third kappa shape index (κ3) is 3.39. The number of anilines is 2. The van der Waals surface area contributed by atoms with E-state index in [4.69, 9.17) is 4.74 Å². The van der Waals surface area contributed by atoms with Gasteiger partial charge in [0.05, 0.1) is 18.9 Å². The molecular weight excluding hydrogens is 378 g/mol. The fraction of sp³-hybridized carbons (Fsp3) is 0.250. The highest BCUT2D eigenvalue weighted by Gasteiger charge is 2.30. The predicted molar refractivity (Wildman–Crippen MR) is 117 cm³/mol. The average Bonchev–Trinajstić information content (AvgIpc) is 3.07. The van der Waals surface area contributed by atoms with Gasteiger partial charge in [0.2, 0.25) is 5.91 Å². The second-order valence-electron chi connectivity index (χ2n) is 7.61. The van der Waals surface area contributed by atoms with Crippen molar-refractivity contribution in [2.45, 2.75) is 6.54 Å². The number of carbonyl (C=O) groups excluding carboxylic acids is 2. The third-order valence-corrected chi connectivity index (χ3v) is 5.75. The highest BCUT2D eigenvalue weighted by Crippen LogP contribution is 2.36. The highest BCUT2D eigenvalue weighted by molar-refractivity contribution is 6.26. The predicted octanol–water partition coefficient (Wildman–Crippen LogP) is 2.95. The Hall–Kier alpha value is -3.38. The minimum absolute atomic E-state index is 0.0124. The number of nitrogens with one attached hydrogen (secondary N) is 1. The minimum Gasteiger partial charge on any atom is -0.378 e. The normalized spacial score (nSPS) is 15.7. The summed E-state index contributed by atoms with van der Waals surface area (Å²) < 4.78 is 5.39. The van der Waals surface area contributed by atoms with Crippen molar-refractivity contribution in [1.29, 1.82) is 0 Å². The summed E-state index contributed by atoms with van der Waals surface area (Å²) in [6, 6.07) is 19.7. The number of morpholine rings is 1. The zero-order valence-electron chi connectivity index (χ0n) is 16.6. The fourth-order valence-electron chi connectivity index (χ4n) is 4.18. The van der Waals surface area contributed by atoms with E-state index in [1.807, 2.05) is 48.5 Å². The fourth-order valence-corrected chi connectivity index (χ4v) is 4.18. The van der Waals surface area contributed by atoms with Crippen molar-refractivity contribution in [1.82, 2.24) is 5.32 Å². The van der Waals surface area contributed by atoms with Crippen LogP contribution in [0.1, 0.15) is 15.9 Å². The molecule has 0 atom stereocenters. The molecule has 3 aromatic rings. The number of carbonyl (C=O) groups is 2. The van der Waals surface area contributed by atoms with E-state index >= 15 is 0 Å². The van der Waals surface area contributed by atoms with Crippen molar-refractivity contribution in [3.63, 3.8) is 0 Å². The summed E-state index contributed by atoms with van der Waals surface area (Å²) >= 11 is 0. The number of amides is 2. The third-order valence-electron chi connectivity index (χ3n) is 5.75. The van der Waals surface area contributed by atoms with E-state index in [-0.39, 0.29) is 18.4 Å². The van der Waals surface area contributed by atoms with Crippen LogP contribution in [0.3, 0.4) is 0 Å². The molecule has 1 N–H and O–H groups in total. The van der Waals surface area contributed by atoms with Crippen LogP contribution in [-0.2, 0) is 16.1 Å². The average molecular weight is 401 g/mol. The largest absolute Gasteiger partial charge is 0.378 e. The van der Waals surface area contributed by atoms with Gasteiger partial charge in [-0.3, -0.25) is 14.5 Å². The zero-order chi connectivity index (χ0) is 20.5. The van der Waals surface area contributed by atoms with Crippen molar-refractivity contribution in [2.24, 2.45) is 0 Å². The molecule has 3 aromatic carbocycles. The van der Waals surface area contributed by atoms with E-state index in [2.05, 4.69) is 22.3 Å². The molecule has 30 heavy (non-hydrogen) atoms. The second-order valence-corrected chi connectivity index (χ2v) is 7.61. The molecule has 0 saturated carbocycles. The Balaban J connectivity index is 1.22. The SMILES string of the molecule is O=C(CN1C(=O)c2cccc3cccc1c23)NCc1ccc(N2CCOCC2)cc1. The highest BCUT2D eigenvalue weighted by atomic mass is 16.5. The van der Waals surface area contributed by atoms with Crippen LogP contribution in [0, 0.1) is 0 Å². The van der Waals surface area contributed by atoms with E-state index in [9.17, 15) is 9.59 Å². The van der Waals surface area contributed by atoms with Gasteiger partial charge in [-0.1, -0.05) is 36.4 Å². The number of nitrogens with zero attached hydrogens (tertiary/aromatic N) is 2. The number of hydrogen-bond donors (Lipinski definition) is 1. The Labute approximate surface area is 175 Å². The summed E-state index contributed by atoms with van der Waals surface area (Å²) in [6.07, 6.45) is 0. The van der Waals surface area contributed by atoms with Gasteiger partial charge in [0.15, 0.2) is 0 Å². The van der Waals surface area contributed by atoms with Crippen molar-refractivity contribution in [3.8, 4) is 0 Å². The Bertz CT molecular complexity index is 1100.